The number of benzene rings is 1. The van der Waals surface area contributed by atoms with Crippen LogP contribution in [0.2, 0.25) is 5.02 Å². The van der Waals surface area contributed by atoms with Gasteiger partial charge in [0.15, 0.2) is 5.75 Å². The molecule has 3 atom stereocenters. The highest BCUT2D eigenvalue weighted by Gasteiger charge is 2.39. The number of halogens is 2. The second-order valence-electron chi connectivity index (χ2n) is 8.77. The number of phenolic OH excluding ortho intramolecular Hbond substituents is 1. The molecule has 1 amide bonds. The molecule has 0 aliphatic carbocycles. The monoisotopic (exact) mass is 476 g/mol. The van der Waals surface area contributed by atoms with Crippen LogP contribution in [0.25, 0.3) is 11.3 Å². The summed E-state index contributed by atoms with van der Waals surface area (Å²) in [6, 6.07) is 3.85. The summed E-state index contributed by atoms with van der Waals surface area (Å²) in [5.74, 6) is -0.639. The van der Waals surface area contributed by atoms with E-state index in [0.717, 1.165) is 0 Å². The topological polar surface area (TPSA) is 87.2 Å². The predicted molar refractivity (Wildman–Crippen MR) is 122 cm³/mol. The van der Waals surface area contributed by atoms with E-state index in [0.29, 0.717) is 38.5 Å². The fourth-order valence-corrected chi connectivity index (χ4v) is 5.14. The zero-order valence-electron chi connectivity index (χ0n) is 18.5. The quantitative estimate of drug-likeness (QED) is 0.689. The average molecular weight is 477 g/mol. The molecular weight excluding hydrogens is 451 g/mol. The zero-order valence-corrected chi connectivity index (χ0v) is 19.2. The molecule has 2 aromatic rings. The highest BCUT2D eigenvalue weighted by molar-refractivity contribution is 6.35. The van der Waals surface area contributed by atoms with Crippen molar-refractivity contribution in [2.75, 3.05) is 44.2 Å². The standard InChI is InChI=1S/C23H26ClFN4O4/c1-12-9-28(10-13(2)33-12)22-18-21(32-11-14-8-26-6-7-29(14)23(18)31)19(24)20(27-22)17-15(25)4-3-5-16(17)30/h3-5,12-14,26,30H,6-11H2,1-2H3/t12-,13-,14-/m1/s1. The number of hydrogen-bond donors (Lipinski definition) is 2. The maximum absolute atomic E-state index is 14.8. The molecule has 0 unspecified atom stereocenters. The first kappa shape index (κ1) is 22.2. The van der Waals surface area contributed by atoms with E-state index in [1.807, 2.05) is 18.7 Å². The molecule has 2 fully saturated rings. The smallest absolute Gasteiger partial charge is 0.261 e. The van der Waals surface area contributed by atoms with E-state index < -0.39 is 5.82 Å². The number of nitrogens with one attached hydrogen (secondary N) is 1. The maximum atomic E-state index is 14.8. The van der Waals surface area contributed by atoms with E-state index in [4.69, 9.17) is 26.1 Å². The number of piperazine rings is 1. The Hall–Kier alpha value is -2.62. The van der Waals surface area contributed by atoms with Crippen LogP contribution >= 0.6 is 11.6 Å². The third-order valence-electron chi connectivity index (χ3n) is 6.27. The fraction of sp³-hybridized carbons (Fsp3) is 0.478. The van der Waals surface area contributed by atoms with Gasteiger partial charge >= 0.3 is 0 Å². The average Bonchev–Trinajstić information content (AvgIpc) is 2.92. The second kappa shape index (κ2) is 8.62. The number of amides is 1. The number of fused-ring (bicyclic) bond motifs is 2. The fourth-order valence-electron chi connectivity index (χ4n) is 4.85. The number of ether oxygens (including phenoxy) is 2. The minimum Gasteiger partial charge on any atom is -0.507 e. The highest BCUT2D eigenvalue weighted by Crippen LogP contribution is 2.46. The molecule has 0 radical (unpaired) electrons. The van der Waals surface area contributed by atoms with Crippen LogP contribution in [0.1, 0.15) is 24.2 Å². The Morgan fingerprint density at radius 1 is 1.24 bits per heavy atom. The number of nitrogens with zero attached hydrogens (tertiary/aromatic N) is 3. The predicted octanol–water partition coefficient (Wildman–Crippen LogP) is 2.67. The van der Waals surface area contributed by atoms with E-state index in [9.17, 15) is 14.3 Å². The first-order chi connectivity index (χ1) is 15.8. The molecule has 3 aliphatic heterocycles. The Bertz CT molecular complexity index is 1070. The van der Waals surface area contributed by atoms with Crippen LogP contribution in [-0.2, 0) is 4.74 Å². The third-order valence-corrected chi connectivity index (χ3v) is 6.62. The van der Waals surface area contributed by atoms with E-state index in [1.54, 1.807) is 4.90 Å². The number of aromatic nitrogens is 1. The minimum atomic E-state index is -0.666. The lowest BCUT2D eigenvalue weighted by atomic mass is 10.0. The van der Waals surface area contributed by atoms with Crippen molar-refractivity contribution < 1.29 is 23.8 Å². The van der Waals surface area contributed by atoms with Crippen LogP contribution in [0, 0.1) is 5.82 Å². The van der Waals surface area contributed by atoms with Gasteiger partial charge in [-0.25, -0.2) is 9.37 Å². The lowest BCUT2D eigenvalue weighted by Crippen LogP contribution is -2.55. The normalized spacial score (nSPS) is 25.2. The molecule has 2 saturated heterocycles. The van der Waals surface area contributed by atoms with Gasteiger partial charge in [-0.3, -0.25) is 4.79 Å². The molecule has 0 saturated carbocycles. The molecular formula is C23H26ClFN4O4. The lowest BCUT2D eigenvalue weighted by molar-refractivity contribution is -0.00555. The van der Waals surface area contributed by atoms with Crippen molar-refractivity contribution >= 4 is 23.3 Å². The Morgan fingerprint density at radius 2 is 2.00 bits per heavy atom. The van der Waals surface area contributed by atoms with Crippen LogP contribution in [0.3, 0.4) is 0 Å². The number of anilines is 1. The number of pyridine rings is 1. The molecule has 10 heteroatoms. The van der Waals surface area contributed by atoms with E-state index in [-0.39, 0.29) is 64.1 Å². The van der Waals surface area contributed by atoms with Crippen LogP contribution < -0.4 is 15.0 Å². The molecule has 33 heavy (non-hydrogen) atoms. The van der Waals surface area contributed by atoms with Gasteiger partial charge in [0.2, 0.25) is 0 Å². The molecule has 176 valence electrons. The van der Waals surface area contributed by atoms with Crippen molar-refractivity contribution in [3.63, 3.8) is 0 Å². The lowest BCUT2D eigenvalue weighted by Gasteiger charge is -2.38. The Balaban J connectivity index is 1.74. The summed E-state index contributed by atoms with van der Waals surface area (Å²) < 4.78 is 26.8. The van der Waals surface area contributed by atoms with E-state index >= 15 is 0 Å². The van der Waals surface area contributed by atoms with Crippen molar-refractivity contribution in [3.8, 4) is 22.8 Å². The zero-order chi connectivity index (χ0) is 23.3. The Kier molecular flexibility index (Phi) is 5.80. The summed E-state index contributed by atoms with van der Waals surface area (Å²) in [7, 11) is 0. The number of morpholine rings is 1. The first-order valence-electron chi connectivity index (χ1n) is 11.1. The first-order valence-corrected chi connectivity index (χ1v) is 11.5. The summed E-state index contributed by atoms with van der Waals surface area (Å²) >= 11 is 6.71. The van der Waals surface area contributed by atoms with Crippen LogP contribution in [0.5, 0.6) is 11.5 Å². The van der Waals surface area contributed by atoms with E-state index in [1.165, 1.54) is 18.2 Å². The van der Waals surface area contributed by atoms with Crippen molar-refractivity contribution in [1.29, 1.82) is 0 Å². The Morgan fingerprint density at radius 3 is 2.73 bits per heavy atom. The van der Waals surface area contributed by atoms with Crippen LogP contribution in [-0.4, -0.2) is 78.5 Å². The second-order valence-corrected chi connectivity index (χ2v) is 9.14. The summed E-state index contributed by atoms with van der Waals surface area (Å²) in [6.45, 7) is 6.95. The van der Waals surface area contributed by atoms with Gasteiger partial charge in [-0.2, -0.15) is 0 Å². The summed E-state index contributed by atoms with van der Waals surface area (Å²) in [6.07, 6.45) is -0.193. The SMILES string of the molecule is C[C@@H]1CN(c2nc(-c3c(O)cccc3F)c(Cl)c3c2C(=O)N2CCNC[C@@H]2CO3)C[C@@H](C)O1. The number of rotatable bonds is 2. The molecule has 0 spiro atoms. The van der Waals surface area contributed by atoms with Crippen molar-refractivity contribution in [3.05, 3.63) is 34.6 Å². The van der Waals surface area contributed by atoms with E-state index in [2.05, 4.69) is 5.32 Å². The summed E-state index contributed by atoms with van der Waals surface area (Å²) in [5, 5.41) is 13.7. The van der Waals surface area contributed by atoms with Crippen molar-refractivity contribution in [2.45, 2.75) is 32.1 Å². The highest BCUT2D eigenvalue weighted by atomic mass is 35.5. The van der Waals surface area contributed by atoms with Crippen molar-refractivity contribution in [2.24, 2.45) is 0 Å². The number of aromatic hydroxyl groups is 1. The van der Waals surface area contributed by atoms with Gasteiger partial charge in [0.1, 0.15) is 40.3 Å². The summed E-state index contributed by atoms with van der Waals surface area (Å²) in [4.78, 5) is 22.2. The molecule has 1 aromatic heterocycles. The van der Waals surface area contributed by atoms with Crippen molar-refractivity contribution in [1.82, 2.24) is 15.2 Å². The molecule has 5 rings (SSSR count). The number of carbonyl (C=O) groups is 1. The molecule has 0 bridgehead atoms. The third kappa shape index (κ3) is 3.88. The molecule has 4 heterocycles. The van der Waals surface area contributed by atoms with Gasteiger partial charge < -0.3 is 29.7 Å². The largest absolute Gasteiger partial charge is 0.507 e. The van der Waals surface area contributed by atoms with Gasteiger partial charge in [0.25, 0.3) is 5.91 Å². The van der Waals surface area contributed by atoms with Gasteiger partial charge in [-0.15, -0.1) is 0 Å². The molecule has 1 aromatic carbocycles. The maximum Gasteiger partial charge on any atom is 0.261 e. The minimum absolute atomic E-state index is 0.00432. The number of hydrogen-bond acceptors (Lipinski definition) is 7. The number of phenols is 1. The van der Waals surface area contributed by atoms with Gasteiger partial charge in [0, 0.05) is 32.7 Å². The van der Waals surface area contributed by atoms with Gasteiger partial charge in [0.05, 0.1) is 23.8 Å². The van der Waals surface area contributed by atoms with Crippen LogP contribution in [0.15, 0.2) is 18.2 Å². The number of carbonyl (C=O) groups excluding carboxylic acids is 1. The van der Waals surface area contributed by atoms with Gasteiger partial charge in [-0.1, -0.05) is 17.7 Å². The van der Waals surface area contributed by atoms with Crippen LogP contribution in [0.4, 0.5) is 10.2 Å². The summed E-state index contributed by atoms with van der Waals surface area (Å²) in [5.41, 5.74) is 0.185. The van der Waals surface area contributed by atoms with Gasteiger partial charge in [-0.05, 0) is 26.0 Å². The molecule has 2 N–H and O–H groups in total. The molecule has 3 aliphatic rings. The molecule has 8 nitrogen and oxygen atoms in total. The Labute approximate surface area is 196 Å².